The van der Waals surface area contributed by atoms with Crippen LogP contribution in [0.2, 0.25) is 0 Å². The van der Waals surface area contributed by atoms with Crippen LogP contribution in [0.3, 0.4) is 0 Å². The Morgan fingerprint density at radius 3 is 2.04 bits per heavy atom. The van der Waals surface area contributed by atoms with Crippen LogP contribution in [0.25, 0.3) is 10.9 Å². The third-order valence-corrected chi connectivity index (χ3v) is 8.54. The highest BCUT2D eigenvalue weighted by atomic mass is 16.4. The number of amides is 6. The fourth-order valence-corrected chi connectivity index (χ4v) is 5.70. The molecule has 2 aromatic rings. The van der Waals surface area contributed by atoms with Gasteiger partial charge in [-0.3, -0.25) is 28.8 Å². The molecule has 20 nitrogen and oxygen atoms in total. The van der Waals surface area contributed by atoms with Crippen LogP contribution in [0.4, 0.5) is 0 Å². The summed E-state index contributed by atoms with van der Waals surface area (Å²) in [7, 11) is 0. The first-order valence-electron chi connectivity index (χ1n) is 16.3. The van der Waals surface area contributed by atoms with Gasteiger partial charge in [-0.1, -0.05) is 18.2 Å². The topological polar surface area (TPSA) is 319 Å². The highest BCUT2D eigenvalue weighted by Crippen LogP contribution is 2.36. The van der Waals surface area contributed by atoms with E-state index in [0.29, 0.717) is 12.8 Å². The van der Waals surface area contributed by atoms with Gasteiger partial charge in [-0.15, -0.1) is 0 Å². The number of carboxylic acids is 1. The monoisotopic (exact) mass is 714 g/mol. The number of azo groups is 1. The number of hydrogen-bond acceptors (Lipinski definition) is 12. The molecule has 1 unspecified atom stereocenters. The van der Waals surface area contributed by atoms with Gasteiger partial charge in [-0.2, -0.15) is 10.2 Å². The number of para-hydroxylation sites is 1. The van der Waals surface area contributed by atoms with Crippen LogP contribution in [0.5, 0.6) is 0 Å². The first kappa shape index (κ1) is 38.3. The molecule has 0 spiro atoms. The van der Waals surface area contributed by atoms with E-state index in [1.807, 2.05) is 24.3 Å². The van der Waals surface area contributed by atoms with E-state index in [1.54, 1.807) is 6.20 Å². The molecule has 1 aromatic carbocycles. The Morgan fingerprint density at radius 2 is 1.45 bits per heavy atom. The summed E-state index contributed by atoms with van der Waals surface area (Å²) >= 11 is 0. The summed E-state index contributed by atoms with van der Waals surface area (Å²) in [6, 6.07) is 1.71. The number of H-pyrrole nitrogens is 1. The molecule has 4 atom stereocenters. The van der Waals surface area contributed by atoms with Gasteiger partial charge < -0.3 is 57.9 Å². The molecule has 20 heteroatoms. The summed E-state index contributed by atoms with van der Waals surface area (Å²) in [5.74, 6) is -6.78. The molecule has 2 bridgehead atoms. The van der Waals surface area contributed by atoms with Crippen molar-refractivity contribution in [3.05, 3.63) is 36.0 Å². The van der Waals surface area contributed by atoms with Crippen molar-refractivity contribution in [3.8, 4) is 0 Å². The molecule has 3 aliphatic rings. The molecular weight excluding hydrogens is 672 g/mol. The maximum atomic E-state index is 12.7. The van der Waals surface area contributed by atoms with Crippen LogP contribution in [0, 0.1) is 0 Å². The normalized spacial score (nSPS) is 19.9. The van der Waals surface area contributed by atoms with Gasteiger partial charge in [-0.25, -0.2) is 4.79 Å². The molecule has 12 N–H and O–H groups in total. The van der Waals surface area contributed by atoms with Crippen molar-refractivity contribution >= 4 is 52.3 Å². The number of aliphatic hydroxyl groups excluding tert-OH is 2. The summed E-state index contributed by atoms with van der Waals surface area (Å²) in [4.78, 5) is 90.0. The average Bonchev–Trinajstić information content (AvgIpc) is 3.53. The van der Waals surface area contributed by atoms with Gasteiger partial charge >= 0.3 is 5.97 Å². The summed E-state index contributed by atoms with van der Waals surface area (Å²) in [5, 5.41) is 51.7. The number of carboxylic acid groups (broad SMARTS) is 1. The second kappa shape index (κ2) is 17.5. The van der Waals surface area contributed by atoms with E-state index in [9.17, 15) is 48.9 Å². The quantitative estimate of drug-likeness (QED) is 0.0717. The van der Waals surface area contributed by atoms with Gasteiger partial charge in [0.15, 0.2) is 5.66 Å². The maximum Gasteiger partial charge on any atom is 0.326 e. The van der Waals surface area contributed by atoms with E-state index in [0.717, 1.165) is 29.3 Å². The number of rotatable bonds is 18. The molecule has 1 fully saturated rings. The lowest BCUT2D eigenvalue weighted by atomic mass is 9.85. The Hall–Kier alpha value is -5.47. The number of fused-ring (bicyclic) bond motifs is 3. The van der Waals surface area contributed by atoms with Crippen LogP contribution in [-0.2, 0) is 40.0 Å². The molecule has 0 saturated heterocycles. The third-order valence-electron chi connectivity index (χ3n) is 8.54. The molecule has 51 heavy (non-hydrogen) atoms. The zero-order chi connectivity index (χ0) is 37.1. The van der Waals surface area contributed by atoms with E-state index in [2.05, 4.69) is 47.1 Å². The Morgan fingerprint density at radius 1 is 0.843 bits per heavy atom. The van der Waals surface area contributed by atoms with Gasteiger partial charge in [0.25, 0.3) is 0 Å². The van der Waals surface area contributed by atoms with Crippen molar-refractivity contribution in [1.82, 2.24) is 36.9 Å². The maximum absolute atomic E-state index is 12.7. The number of nitrogens with zero attached hydrogens (tertiary/aromatic N) is 2. The highest BCUT2D eigenvalue weighted by molar-refractivity contribution is 5.95. The second-order valence-corrected chi connectivity index (χ2v) is 12.3. The van der Waals surface area contributed by atoms with Crippen LogP contribution < -0.4 is 37.6 Å². The van der Waals surface area contributed by atoms with E-state index < -0.39 is 104 Å². The lowest BCUT2D eigenvalue weighted by Crippen LogP contribution is -2.57. The first-order valence-corrected chi connectivity index (χ1v) is 16.3. The third kappa shape index (κ3) is 10.5. The van der Waals surface area contributed by atoms with Crippen molar-refractivity contribution in [3.63, 3.8) is 0 Å². The van der Waals surface area contributed by atoms with Crippen LogP contribution in [0.15, 0.2) is 40.7 Å². The average molecular weight is 715 g/mol. The zero-order valence-electron chi connectivity index (χ0n) is 27.5. The standard InChI is InChI=1S/C31H42N10O10/c32-19(9-16-11-33-20-4-2-1-3-18(16)20)27(47)34-12-25(45)36-22(14-42)28(48)35-13-26(46)37-23(15-43)29(49)38-21(30(50)51)10-24(44)39-31-7-5-17(6-8-31)40-41-31/h1-4,11,17,19,21-23,33,42-43H,5-10,12-15,32H2,(H,34,47)(H,35,48)(H,36,45)(H,37,46)(H,38,49)(H,39,44)(H,50,51)/t17?,19-,21?,22-,23-,31?/m0/s1. The minimum Gasteiger partial charge on any atom is -0.480 e. The van der Waals surface area contributed by atoms with Crippen LogP contribution in [-0.4, -0.2) is 124 Å². The lowest BCUT2D eigenvalue weighted by Gasteiger charge is -2.39. The summed E-state index contributed by atoms with van der Waals surface area (Å²) in [5.41, 5.74) is 6.78. The molecular formula is C31H42N10O10. The number of carbonyl (C=O) groups excluding carboxylic acids is 6. The summed E-state index contributed by atoms with van der Waals surface area (Å²) < 4.78 is 0. The number of nitrogens with one attached hydrogen (secondary N) is 7. The van der Waals surface area contributed by atoms with Crippen LogP contribution in [0.1, 0.15) is 37.7 Å². The van der Waals surface area contributed by atoms with Crippen molar-refractivity contribution in [2.75, 3.05) is 26.3 Å². The number of hydrogen-bond donors (Lipinski definition) is 11. The van der Waals surface area contributed by atoms with Gasteiger partial charge in [-0.05, 0) is 43.7 Å². The number of aromatic amines is 1. The molecule has 0 radical (unpaired) electrons. The Bertz CT molecular complexity index is 1650. The molecule has 5 rings (SSSR count). The molecule has 3 heterocycles. The minimum atomic E-state index is -1.70. The van der Waals surface area contributed by atoms with E-state index in [4.69, 9.17) is 5.73 Å². The predicted molar refractivity (Wildman–Crippen MR) is 176 cm³/mol. The van der Waals surface area contributed by atoms with Crippen molar-refractivity contribution in [2.45, 2.75) is 74.4 Å². The van der Waals surface area contributed by atoms with Gasteiger partial charge in [0, 0.05) is 17.1 Å². The molecule has 276 valence electrons. The zero-order valence-corrected chi connectivity index (χ0v) is 27.5. The van der Waals surface area contributed by atoms with E-state index in [-0.39, 0.29) is 12.5 Å². The molecule has 1 aliphatic carbocycles. The molecule has 6 amide bonds. The Kier molecular flexibility index (Phi) is 13.1. The molecule has 1 saturated carbocycles. The number of aliphatic carboxylic acids is 1. The minimum absolute atomic E-state index is 0.116. The lowest BCUT2D eigenvalue weighted by molar-refractivity contribution is -0.144. The number of aromatic nitrogens is 1. The smallest absolute Gasteiger partial charge is 0.326 e. The Balaban J connectivity index is 1.17. The largest absolute Gasteiger partial charge is 0.480 e. The molecule has 2 aliphatic heterocycles. The number of carbonyl (C=O) groups is 7. The molecule has 1 aromatic heterocycles. The van der Waals surface area contributed by atoms with Crippen molar-refractivity contribution in [1.29, 1.82) is 0 Å². The van der Waals surface area contributed by atoms with Crippen LogP contribution >= 0.6 is 0 Å². The fourth-order valence-electron chi connectivity index (χ4n) is 5.70. The number of benzene rings is 1. The predicted octanol–water partition coefficient (Wildman–Crippen LogP) is -3.60. The second-order valence-electron chi connectivity index (χ2n) is 12.3. The number of aliphatic hydroxyl groups is 2. The SMILES string of the molecule is N[C@@H](Cc1c[nH]c2ccccc12)C(=O)NCC(=O)N[C@@H](CO)C(=O)NCC(=O)N[C@@H](CO)C(=O)NC(CC(=O)NC12CCC(CC1)N=N2)C(=O)O. The number of nitrogens with two attached hydrogens (primary N) is 1. The Labute approximate surface area is 290 Å². The first-order chi connectivity index (χ1) is 24.3. The van der Waals surface area contributed by atoms with Gasteiger partial charge in [0.1, 0.15) is 18.1 Å². The fraction of sp³-hybridized carbons (Fsp3) is 0.516. The van der Waals surface area contributed by atoms with E-state index in [1.165, 1.54) is 0 Å². The van der Waals surface area contributed by atoms with Crippen molar-refractivity contribution in [2.24, 2.45) is 16.0 Å². The van der Waals surface area contributed by atoms with Gasteiger partial charge in [0.05, 0.1) is 44.8 Å². The summed E-state index contributed by atoms with van der Waals surface area (Å²) in [6.45, 7) is -3.16. The van der Waals surface area contributed by atoms with Crippen molar-refractivity contribution < 1.29 is 48.9 Å². The van der Waals surface area contributed by atoms with Gasteiger partial charge in [0.2, 0.25) is 35.4 Å². The highest BCUT2D eigenvalue weighted by Gasteiger charge is 2.41. The van der Waals surface area contributed by atoms with E-state index >= 15 is 0 Å². The summed E-state index contributed by atoms with van der Waals surface area (Å²) in [6.07, 6.45) is 3.85.